The van der Waals surface area contributed by atoms with Crippen molar-refractivity contribution < 1.29 is 0 Å². The van der Waals surface area contributed by atoms with E-state index in [1.807, 2.05) is 6.20 Å². The van der Waals surface area contributed by atoms with Crippen LogP contribution in [0.4, 0.5) is 0 Å². The molecule has 0 radical (unpaired) electrons. The van der Waals surface area contributed by atoms with Gasteiger partial charge in [-0.1, -0.05) is 6.07 Å². The summed E-state index contributed by atoms with van der Waals surface area (Å²) in [7, 11) is 0. The van der Waals surface area contributed by atoms with E-state index in [4.69, 9.17) is 0 Å². The van der Waals surface area contributed by atoms with Crippen molar-refractivity contribution in [3.8, 4) is 0 Å². The largest absolute Gasteiger partial charge is 0.250 e. The lowest BCUT2D eigenvalue weighted by atomic mass is 10.2. The first-order chi connectivity index (χ1) is 5.75. The maximum atomic E-state index is 4.23. The highest BCUT2D eigenvalue weighted by atomic mass is 127. The van der Waals surface area contributed by atoms with Crippen LogP contribution in [0.1, 0.15) is 0 Å². The minimum Gasteiger partial charge on any atom is -0.250 e. The van der Waals surface area contributed by atoms with Crippen molar-refractivity contribution in [3.05, 3.63) is 37.7 Å². The van der Waals surface area contributed by atoms with Crippen molar-refractivity contribution in [1.29, 1.82) is 0 Å². The third-order valence-electron chi connectivity index (χ3n) is 1.65. The Morgan fingerprint density at radius 2 is 1.83 bits per heavy atom. The number of benzene rings is 1. The number of rotatable bonds is 0. The van der Waals surface area contributed by atoms with Gasteiger partial charge in [0.25, 0.3) is 0 Å². The van der Waals surface area contributed by atoms with Crippen molar-refractivity contribution >= 4 is 56.0 Å². The molecule has 0 aliphatic heterocycles. The Labute approximate surface area is 97.9 Å². The summed E-state index contributed by atoms with van der Waals surface area (Å²) < 4.78 is 2.30. The lowest BCUT2D eigenvalue weighted by Crippen LogP contribution is -1.80. The average molecular weight is 381 g/mol. The van der Waals surface area contributed by atoms with Gasteiger partial charge in [0.2, 0.25) is 0 Å². The summed E-state index contributed by atoms with van der Waals surface area (Å²) in [6.45, 7) is 0. The Kier molecular flexibility index (Phi) is 2.49. The maximum Gasteiger partial charge on any atom is 0.101 e. The molecule has 0 spiro atoms. The van der Waals surface area contributed by atoms with Gasteiger partial charge in [0.05, 0.1) is 0 Å². The summed E-state index contributed by atoms with van der Waals surface area (Å²) >= 11 is 4.53. The van der Waals surface area contributed by atoms with Gasteiger partial charge in [-0.25, -0.2) is 4.98 Å². The van der Waals surface area contributed by atoms with Crippen LogP contribution in [-0.4, -0.2) is 4.98 Å². The summed E-state index contributed by atoms with van der Waals surface area (Å²) in [6, 6.07) is 8.46. The molecule has 60 valence electrons. The minimum atomic E-state index is 1.04. The van der Waals surface area contributed by atoms with E-state index in [-0.39, 0.29) is 0 Å². The Hall–Kier alpha value is 0.0900. The average Bonchev–Trinajstić information content (AvgIpc) is 2.05. The van der Waals surface area contributed by atoms with E-state index in [1.54, 1.807) is 0 Å². The van der Waals surface area contributed by atoms with E-state index in [0.717, 1.165) is 3.70 Å². The molecule has 0 aliphatic carbocycles. The van der Waals surface area contributed by atoms with Crippen LogP contribution in [0, 0.1) is 7.27 Å². The highest BCUT2D eigenvalue weighted by molar-refractivity contribution is 14.1. The van der Waals surface area contributed by atoms with Crippen LogP contribution in [0.2, 0.25) is 0 Å². The minimum absolute atomic E-state index is 1.04. The first-order valence-corrected chi connectivity index (χ1v) is 5.62. The molecule has 1 nitrogen and oxygen atoms in total. The van der Waals surface area contributed by atoms with Crippen LogP contribution in [0.3, 0.4) is 0 Å². The molecule has 0 amide bonds. The molecular formula is C9H5I2N. The topological polar surface area (TPSA) is 12.9 Å². The Morgan fingerprint density at radius 3 is 2.67 bits per heavy atom. The van der Waals surface area contributed by atoms with Crippen molar-refractivity contribution in [2.75, 3.05) is 0 Å². The van der Waals surface area contributed by atoms with E-state index in [0.29, 0.717) is 0 Å². The molecule has 2 rings (SSSR count). The van der Waals surface area contributed by atoms with Gasteiger partial charge in [-0.15, -0.1) is 0 Å². The number of aromatic nitrogens is 1. The van der Waals surface area contributed by atoms with Gasteiger partial charge < -0.3 is 0 Å². The van der Waals surface area contributed by atoms with Gasteiger partial charge in [0.1, 0.15) is 3.70 Å². The van der Waals surface area contributed by atoms with Crippen LogP contribution < -0.4 is 0 Å². The molecule has 0 saturated carbocycles. The summed E-state index contributed by atoms with van der Waals surface area (Å²) in [5.74, 6) is 0. The lowest BCUT2D eigenvalue weighted by molar-refractivity contribution is 1.30. The van der Waals surface area contributed by atoms with Gasteiger partial charge in [0, 0.05) is 15.2 Å². The highest BCUT2D eigenvalue weighted by Crippen LogP contribution is 2.17. The molecule has 0 bridgehead atoms. The molecular weight excluding hydrogens is 376 g/mol. The fourth-order valence-corrected chi connectivity index (χ4v) is 2.08. The van der Waals surface area contributed by atoms with E-state index in [9.17, 15) is 0 Å². The van der Waals surface area contributed by atoms with Crippen molar-refractivity contribution in [1.82, 2.24) is 4.98 Å². The van der Waals surface area contributed by atoms with Gasteiger partial charge >= 0.3 is 0 Å². The van der Waals surface area contributed by atoms with E-state index in [1.165, 1.54) is 14.3 Å². The lowest BCUT2D eigenvalue weighted by Gasteiger charge is -1.97. The fourth-order valence-electron chi connectivity index (χ4n) is 1.09. The van der Waals surface area contributed by atoms with Gasteiger partial charge in [-0.05, 0) is 68.8 Å². The molecule has 2 aromatic rings. The zero-order chi connectivity index (χ0) is 8.55. The van der Waals surface area contributed by atoms with E-state index >= 15 is 0 Å². The Morgan fingerprint density at radius 1 is 1.00 bits per heavy atom. The number of fused-ring (bicyclic) bond motifs is 1. The second kappa shape index (κ2) is 3.45. The number of halogens is 2. The Bertz CT molecular complexity index is 385. The van der Waals surface area contributed by atoms with Gasteiger partial charge in [-0.2, -0.15) is 0 Å². The highest BCUT2D eigenvalue weighted by Gasteiger charge is 1.95. The molecule has 0 aliphatic rings. The normalized spacial score (nSPS) is 10.5. The molecule has 0 fully saturated rings. The molecule has 1 aromatic heterocycles. The number of hydrogen-bond acceptors (Lipinski definition) is 1. The monoisotopic (exact) mass is 381 g/mol. The number of hydrogen-bond donors (Lipinski definition) is 0. The third-order valence-corrected chi connectivity index (χ3v) is 2.91. The predicted octanol–water partition coefficient (Wildman–Crippen LogP) is 3.44. The van der Waals surface area contributed by atoms with Crippen LogP contribution >= 0.6 is 45.2 Å². The maximum absolute atomic E-state index is 4.23. The van der Waals surface area contributed by atoms with Crippen LogP contribution in [0.15, 0.2) is 30.5 Å². The second-order valence-electron chi connectivity index (χ2n) is 2.50. The fraction of sp³-hybridized carbons (Fsp3) is 0. The van der Waals surface area contributed by atoms with Crippen molar-refractivity contribution in [3.63, 3.8) is 0 Å². The molecule has 0 N–H and O–H groups in total. The molecule has 0 unspecified atom stereocenters. The quantitative estimate of drug-likeness (QED) is 0.504. The molecule has 0 atom stereocenters. The van der Waals surface area contributed by atoms with Crippen molar-refractivity contribution in [2.24, 2.45) is 0 Å². The number of nitrogens with zero attached hydrogens (tertiary/aromatic N) is 1. The smallest absolute Gasteiger partial charge is 0.101 e. The summed E-state index contributed by atoms with van der Waals surface area (Å²) in [4.78, 5) is 4.23. The third kappa shape index (κ3) is 1.71. The predicted molar refractivity (Wildman–Crippen MR) is 67.2 cm³/mol. The van der Waals surface area contributed by atoms with Crippen LogP contribution in [0.5, 0.6) is 0 Å². The molecule has 12 heavy (non-hydrogen) atoms. The molecule has 1 aromatic carbocycles. The van der Waals surface area contributed by atoms with Crippen LogP contribution in [0.25, 0.3) is 10.8 Å². The molecule has 0 saturated heterocycles. The standard InChI is InChI=1S/C9H5I2N/c10-8-2-1-6-4-9(11)12-5-7(6)3-8/h1-5H. The molecule has 3 heteroatoms. The van der Waals surface area contributed by atoms with Crippen LogP contribution in [-0.2, 0) is 0 Å². The first kappa shape index (κ1) is 8.68. The van der Waals surface area contributed by atoms with E-state index < -0.39 is 0 Å². The zero-order valence-corrected chi connectivity index (χ0v) is 10.4. The molecule has 1 heterocycles. The van der Waals surface area contributed by atoms with E-state index in [2.05, 4.69) is 74.4 Å². The Balaban J connectivity index is 2.79. The van der Waals surface area contributed by atoms with Gasteiger partial charge in [-0.3, -0.25) is 0 Å². The second-order valence-corrected chi connectivity index (χ2v) is 4.85. The SMILES string of the molecule is Ic1ccc2cc(I)ncc2c1. The first-order valence-electron chi connectivity index (χ1n) is 3.46. The van der Waals surface area contributed by atoms with Crippen molar-refractivity contribution in [2.45, 2.75) is 0 Å². The summed E-state index contributed by atoms with van der Waals surface area (Å²) in [5, 5.41) is 2.47. The zero-order valence-electron chi connectivity index (χ0n) is 6.09. The number of pyridine rings is 1. The summed E-state index contributed by atoms with van der Waals surface area (Å²) in [6.07, 6.45) is 1.92. The summed E-state index contributed by atoms with van der Waals surface area (Å²) in [5.41, 5.74) is 0. The van der Waals surface area contributed by atoms with Gasteiger partial charge in [0.15, 0.2) is 0 Å².